The molecule has 2 aromatic rings. The van der Waals surface area contributed by atoms with Crippen LogP contribution < -0.4 is 0 Å². The smallest absolute Gasteiger partial charge is 0.187 e. The van der Waals surface area contributed by atoms with E-state index in [1.54, 1.807) is 12.3 Å². The van der Waals surface area contributed by atoms with Gasteiger partial charge in [0.1, 0.15) is 0 Å². The van der Waals surface area contributed by atoms with Gasteiger partial charge in [0.2, 0.25) is 0 Å². The Morgan fingerprint density at radius 3 is 2.71 bits per heavy atom. The summed E-state index contributed by atoms with van der Waals surface area (Å²) < 4.78 is 0. The maximum absolute atomic E-state index is 12.2. The molecule has 2 nitrogen and oxygen atoms in total. The highest BCUT2D eigenvalue weighted by atomic mass is 16.1. The molecule has 1 aliphatic carbocycles. The molecule has 0 N–H and O–H groups in total. The van der Waals surface area contributed by atoms with Crippen LogP contribution in [0.25, 0.3) is 5.57 Å². The molecule has 0 fully saturated rings. The molecule has 0 spiro atoms. The zero-order chi connectivity index (χ0) is 14.7. The van der Waals surface area contributed by atoms with Crippen LogP contribution in [0.15, 0.2) is 48.7 Å². The molecule has 0 unspecified atom stereocenters. The van der Waals surface area contributed by atoms with E-state index in [0.29, 0.717) is 0 Å². The van der Waals surface area contributed by atoms with Crippen molar-refractivity contribution in [2.45, 2.75) is 32.6 Å². The number of carbonyl (C=O) groups excluding carboxylic acids is 1. The van der Waals surface area contributed by atoms with Gasteiger partial charge in [-0.15, -0.1) is 0 Å². The highest BCUT2D eigenvalue weighted by molar-refractivity contribution is 6.11. The van der Waals surface area contributed by atoms with E-state index >= 15 is 0 Å². The standard InChI is InChI=1S/C19H19NO/c1-2-3-5-14-7-9-15(10-8-14)16-12-18-17(19(21)13-16)6-4-11-20-18/h4,6-11,13H,2-3,5,12H2,1H3. The molecule has 2 heteroatoms. The van der Waals surface area contributed by atoms with E-state index in [4.69, 9.17) is 0 Å². The first-order valence-electron chi connectivity index (χ1n) is 7.56. The zero-order valence-corrected chi connectivity index (χ0v) is 12.3. The molecular weight excluding hydrogens is 258 g/mol. The zero-order valence-electron chi connectivity index (χ0n) is 12.3. The normalized spacial score (nSPS) is 13.8. The van der Waals surface area contributed by atoms with Crippen molar-refractivity contribution in [1.82, 2.24) is 4.98 Å². The Morgan fingerprint density at radius 2 is 1.95 bits per heavy atom. The van der Waals surface area contributed by atoms with Gasteiger partial charge in [0.25, 0.3) is 0 Å². The highest BCUT2D eigenvalue weighted by Gasteiger charge is 2.19. The third kappa shape index (κ3) is 2.94. The molecule has 106 valence electrons. The first-order valence-corrected chi connectivity index (χ1v) is 7.56. The van der Waals surface area contributed by atoms with Crippen LogP contribution in [0.5, 0.6) is 0 Å². The van der Waals surface area contributed by atoms with E-state index in [2.05, 4.69) is 36.2 Å². The summed E-state index contributed by atoms with van der Waals surface area (Å²) in [6.07, 6.45) is 7.80. The molecule has 1 aliphatic rings. The Bertz CT molecular complexity index is 683. The number of unbranched alkanes of at least 4 members (excludes halogenated alkanes) is 1. The van der Waals surface area contributed by atoms with E-state index in [1.165, 1.54) is 18.4 Å². The molecule has 0 aliphatic heterocycles. The highest BCUT2D eigenvalue weighted by Crippen LogP contribution is 2.26. The Kier molecular flexibility index (Phi) is 3.96. The van der Waals surface area contributed by atoms with Crippen LogP contribution in [0.4, 0.5) is 0 Å². The van der Waals surface area contributed by atoms with Gasteiger partial charge in [0.15, 0.2) is 5.78 Å². The van der Waals surface area contributed by atoms with E-state index in [-0.39, 0.29) is 5.78 Å². The lowest BCUT2D eigenvalue weighted by Gasteiger charge is -2.15. The molecule has 1 heterocycles. The summed E-state index contributed by atoms with van der Waals surface area (Å²) in [5.41, 5.74) is 5.17. The van der Waals surface area contributed by atoms with Crippen LogP contribution in [0.2, 0.25) is 0 Å². The maximum atomic E-state index is 12.2. The monoisotopic (exact) mass is 277 g/mol. The average molecular weight is 277 g/mol. The number of hydrogen-bond acceptors (Lipinski definition) is 2. The fourth-order valence-corrected chi connectivity index (χ4v) is 2.72. The first-order chi connectivity index (χ1) is 10.3. The second kappa shape index (κ2) is 6.04. The fourth-order valence-electron chi connectivity index (χ4n) is 2.72. The van der Waals surface area contributed by atoms with Crippen molar-refractivity contribution >= 4 is 11.4 Å². The number of fused-ring (bicyclic) bond motifs is 1. The number of ketones is 1. The molecule has 0 saturated heterocycles. The van der Waals surface area contributed by atoms with Crippen molar-refractivity contribution in [2.24, 2.45) is 0 Å². The summed E-state index contributed by atoms with van der Waals surface area (Å²) in [6, 6.07) is 12.3. The van der Waals surface area contributed by atoms with E-state index in [9.17, 15) is 4.79 Å². The number of allylic oxidation sites excluding steroid dienone is 2. The van der Waals surface area contributed by atoms with Gasteiger partial charge in [-0.25, -0.2) is 0 Å². The van der Waals surface area contributed by atoms with Crippen molar-refractivity contribution in [3.8, 4) is 0 Å². The third-order valence-electron chi connectivity index (χ3n) is 3.96. The third-order valence-corrected chi connectivity index (χ3v) is 3.96. The van der Waals surface area contributed by atoms with Gasteiger partial charge in [-0.1, -0.05) is 37.6 Å². The quantitative estimate of drug-likeness (QED) is 0.836. The fraction of sp³-hybridized carbons (Fsp3) is 0.263. The van der Waals surface area contributed by atoms with Gasteiger partial charge in [0, 0.05) is 18.2 Å². The Morgan fingerprint density at radius 1 is 1.14 bits per heavy atom. The summed E-state index contributed by atoms with van der Waals surface area (Å²) >= 11 is 0. The first kappa shape index (κ1) is 13.7. The van der Waals surface area contributed by atoms with E-state index in [1.807, 2.05) is 12.1 Å². The second-order valence-corrected chi connectivity index (χ2v) is 5.51. The second-order valence-electron chi connectivity index (χ2n) is 5.51. The van der Waals surface area contributed by atoms with Gasteiger partial charge < -0.3 is 0 Å². The van der Waals surface area contributed by atoms with Crippen LogP contribution >= 0.6 is 0 Å². The van der Waals surface area contributed by atoms with Crippen LogP contribution in [0.3, 0.4) is 0 Å². The summed E-state index contributed by atoms with van der Waals surface area (Å²) in [5, 5.41) is 0. The maximum Gasteiger partial charge on any atom is 0.187 e. The predicted octanol–water partition coefficient (Wildman–Crippen LogP) is 4.25. The van der Waals surface area contributed by atoms with Crippen LogP contribution in [-0.2, 0) is 12.8 Å². The molecule has 21 heavy (non-hydrogen) atoms. The lowest BCUT2D eigenvalue weighted by Crippen LogP contribution is -2.10. The van der Waals surface area contributed by atoms with Crippen LogP contribution in [0.1, 0.15) is 46.9 Å². The van der Waals surface area contributed by atoms with Gasteiger partial charge in [-0.3, -0.25) is 9.78 Å². The Hall–Kier alpha value is -2.22. The van der Waals surface area contributed by atoms with Crippen molar-refractivity contribution < 1.29 is 4.79 Å². The number of nitrogens with zero attached hydrogens (tertiary/aromatic N) is 1. The predicted molar refractivity (Wildman–Crippen MR) is 85.3 cm³/mol. The molecule has 0 amide bonds. The van der Waals surface area contributed by atoms with Gasteiger partial charge >= 0.3 is 0 Å². The van der Waals surface area contributed by atoms with Gasteiger partial charge in [-0.2, -0.15) is 0 Å². The summed E-state index contributed by atoms with van der Waals surface area (Å²) in [4.78, 5) is 16.5. The molecule has 1 aromatic heterocycles. The molecule has 0 atom stereocenters. The number of pyridine rings is 1. The molecular formula is C19H19NO. The largest absolute Gasteiger partial charge is 0.289 e. The summed E-state index contributed by atoms with van der Waals surface area (Å²) in [5.74, 6) is 0.0643. The number of carbonyl (C=O) groups is 1. The number of hydrogen-bond donors (Lipinski definition) is 0. The van der Waals surface area contributed by atoms with Crippen LogP contribution in [0, 0.1) is 0 Å². The number of rotatable bonds is 4. The SMILES string of the molecule is CCCCc1ccc(C2=CC(=O)c3cccnc3C2)cc1. The molecule has 3 rings (SSSR count). The number of aromatic nitrogens is 1. The number of benzene rings is 1. The Labute approximate surface area is 125 Å². The molecule has 1 aromatic carbocycles. The van der Waals surface area contributed by atoms with E-state index in [0.717, 1.165) is 35.2 Å². The lowest BCUT2D eigenvalue weighted by atomic mass is 9.90. The van der Waals surface area contributed by atoms with Crippen LogP contribution in [-0.4, -0.2) is 10.8 Å². The molecule has 0 radical (unpaired) electrons. The van der Waals surface area contributed by atoms with Crippen molar-refractivity contribution in [1.29, 1.82) is 0 Å². The summed E-state index contributed by atoms with van der Waals surface area (Å²) in [7, 11) is 0. The summed E-state index contributed by atoms with van der Waals surface area (Å²) in [6.45, 7) is 2.21. The van der Waals surface area contributed by atoms with Gasteiger partial charge in [0.05, 0.1) is 5.69 Å². The molecule has 0 saturated carbocycles. The van der Waals surface area contributed by atoms with Crippen molar-refractivity contribution in [2.75, 3.05) is 0 Å². The minimum Gasteiger partial charge on any atom is -0.289 e. The topological polar surface area (TPSA) is 30.0 Å². The van der Waals surface area contributed by atoms with Crippen molar-refractivity contribution in [3.05, 3.63) is 71.1 Å². The van der Waals surface area contributed by atoms with Gasteiger partial charge in [-0.05, 0) is 47.8 Å². The lowest BCUT2D eigenvalue weighted by molar-refractivity contribution is 0.104. The minimum absolute atomic E-state index is 0.0643. The Balaban J connectivity index is 1.83. The average Bonchev–Trinajstić information content (AvgIpc) is 2.53. The van der Waals surface area contributed by atoms with Crippen molar-refractivity contribution in [3.63, 3.8) is 0 Å². The molecule has 0 bridgehead atoms. The van der Waals surface area contributed by atoms with E-state index < -0.39 is 0 Å². The minimum atomic E-state index is 0.0643. The number of aryl methyl sites for hydroxylation is 1.